The van der Waals surface area contributed by atoms with Crippen molar-refractivity contribution >= 4 is 47.6 Å². The molecule has 5 aromatic rings. The predicted octanol–water partition coefficient (Wildman–Crippen LogP) is 5.95. The Balaban J connectivity index is 1.64. The largest absolute Gasteiger partial charge is 0.497 e. The van der Waals surface area contributed by atoms with Crippen molar-refractivity contribution in [3.05, 3.63) is 69.1 Å². The first kappa shape index (κ1) is 23.2. The van der Waals surface area contributed by atoms with Crippen LogP contribution >= 0.6 is 27.3 Å². The third-order valence-electron chi connectivity index (χ3n) is 6.30. The molecule has 1 fully saturated rings. The third-order valence-corrected chi connectivity index (χ3v) is 8.03. The number of halogens is 1. The van der Waals surface area contributed by atoms with E-state index >= 15 is 0 Å². The van der Waals surface area contributed by atoms with Crippen LogP contribution < -0.4 is 15.0 Å². The van der Waals surface area contributed by atoms with E-state index in [1.165, 1.54) is 17.7 Å². The molecule has 1 saturated carbocycles. The first-order valence-corrected chi connectivity index (χ1v) is 13.0. The van der Waals surface area contributed by atoms with Gasteiger partial charge < -0.3 is 18.6 Å². The van der Waals surface area contributed by atoms with Crippen LogP contribution in [0.2, 0.25) is 0 Å². The monoisotopic (exact) mass is 567 g/mol. The highest BCUT2D eigenvalue weighted by Gasteiger charge is 2.29. The van der Waals surface area contributed by atoms with Crippen LogP contribution in [-0.2, 0) is 11.3 Å². The van der Waals surface area contributed by atoms with Crippen LogP contribution in [0.25, 0.3) is 31.7 Å². The molecule has 0 N–H and O–H groups in total. The lowest BCUT2D eigenvalue weighted by Crippen LogP contribution is -2.24. The van der Waals surface area contributed by atoms with Crippen molar-refractivity contribution in [3.63, 3.8) is 0 Å². The average molecular weight is 568 g/mol. The maximum Gasteiger partial charge on any atom is 0.263 e. The second-order valence-corrected chi connectivity index (χ2v) is 10.5. The lowest BCUT2D eigenvalue weighted by Gasteiger charge is -2.15. The summed E-state index contributed by atoms with van der Waals surface area (Å²) < 4.78 is 25.3. The summed E-state index contributed by atoms with van der Waals surface area (Å²) in [6, 6.07) is 9.76. The van der Waals surface area contributed by atoms with Gasteiger partial charge in [-0.3, -0.25) is 9.36 Å². The van der Waals surface area contributed by atoms with Crippen molar-refractivity contribution < 1.29 is 18.6 Å². The van der Waals surface area contributed by atoms with Gasteiger partial charge in [-0.2, -0.15) is 0 Å². The maximum atomic E-state index is 14.1. The van der Waals surface area contributed by atoms with Gasteiger partial charge in [0.2, 0.25) is 0 Å². The van der Waals surface area contributed by atoms with E-state index in [1.54, 1.807) is 25.0 Å². The van der Waals surface area contributed by atoms with Gasteiger partial charge in [-0.25, -0.2) is 9.97 Å². The van der Waals surface area contributed by atoms with Gasteiger partial charge in [0.15, 0.2) is 18.9 Å². The van der Waals surface area contributed by atoms with E-state index < -0.39 is 0 Å². The molecule has 0 radical (unpaired) electrons. The summed E-state index contributed by atoms with van der Waals surface area (Å²) in [6.07, 6.45) is 5.19. The van der Waals surface area contributed by atoms with Crippen LogP contribution in [0.15, 0.2) is 56.6 Å². The van der Waals surface area contributed by atoms with Gasteiger partial charge in [-0.15, -0.1) is 11.3 Å². The van der Waals surface area contributed by atoms with Crippen molar-refractivity contribution in [1.29, 1.82) is 0 Å². The predicted molar refractivity (Wildman–Crippen MR) is 141 cm³/mol. The van der Waals surface area contributed by atoms with Crippen molar-refractivity contribution in [2.24, 2.45) is 0 Å². The highest BCUT2D eigenvalue weighted by molar-refractivity contribution is 9.10. The first-order valence-electron chi connectivity index (χ1n) is 11.4. The topological polar surface area (TPSA) is 88.6 Å². The fraction of sp³-hybridized carbons (Fsp3) is 0.269. The standard InChI is InChI=1S/C26H22BrN3O5S/c1-32-13-35-22-20(27)8-7-18-21-25(36-23(18)22)29-24(30(26(21)31)11-16-10-28-12-34-16)17-6-5-15(33-2)9-19(17)14-3-4-14/h5-10,12,14H,3-4,11,13H2,1-2H3. The molecular weight excluding hydrogens is 546 g/mol. The van der Waals surface area contributed by atoms with E-state index in [0.29, 0.717) is 33.5 Å². The van der Waals surface area contributed by atoms with Gasteiger partial charge >= 0.3 is 0 Å². The molecule has 8 nitrogen and oxygen atoms in total. The van der Waals surface area contributed by atoms with E-state index in [2.05, 4.69) is 27.0 Å². The molecule has 2 aromatic carbocycles. The highest BCUT2D eigenvalue weighted by atomic mass is 79.9. The normalized spacial score (nSPS) is 13.5. The number of aromatic nitrogens is 3. The molecule has 10 heteroatoms. The minimum atomic E-state index is -0.143. The summed E-state index contributed by atoms with van der Waals surface area (Å²) in [5.74, 6) is 3.01. The maximum absolute atomic E-state index is 14.1. The number of fused-ring (bicyclic) bond motifs is 3. The zero-order valence-corrected chi connectivity index (χ0v) is 22.0. The molecule has 1 aliphatic rings. The Labute approximate surface area is 218 Å². The molecule has 0 bridgehead atoms. The van der Waals surface area contributed by atoms with Gasteiger partial charge in [-0.1, -0.05) is 6.07 Å². The van der Waals surface area contributed by atoms with Gasteiger partial charge in [-0.05, 0) is 64.5 Å². The Bertz CT molecular complexity index is 1640. The lowest BCUT2D eigenvalue weighted by molar-refractivity contribution is 0.0518. The molecular formula is C26H22BrN3O5S. The summed E-state index contributed by atoms with van der Waals surface area (Å²) in [7, 11) is 3.23. The molecule has 184 valence electrons. The van der Waals surface area contributed by atoms with E-state index in [9.17, 15) is 4.79 Å². The van der Waals surface area contributed by atoms with Gasteiger partial charge in [0.1, 0.15) is 22.2 Å². The Kier molecular flexibility index (Phi) is 6.02. The molecule has 0 atom stereocenters. The summed E-state index contributed by atoms with van der Waals surface area (Å²) in [5, 5.41) is 1.34. The van der Waals surface area contributed by atoms with E-state index in [-0.39, 0.29) is 18.9 Å². The first-order chi connectivity index (χ1) is 17.6. The number of benzene rings is 2. The van der Waals surface area contributed by atoms with Crippen LogP contribution in [0, 0.1) is 0 Å². The summed E-state index contributed by atoms with van der Waals surface area (Å²) in [4.78, 5) is 23.9. The number of oxazole rings is 1. The number of hydrogen-bond acceptors (Lipinski definition) is 8. The number of rotatable bonds is 8. The van der Waals surface area contributed by atoms with Gasteiger partial charge in [0.25, 0.3) is 5.56 Å². The van der Waals surface area contributed by atoms with Crippen LogP contribution in [0.5, 0.6) is 11.5 Å². The number of methoxy groups -OCH3 is 2. The van der Waals surface area contributed by atoms with Crippen molar-refractivity contribution in [3.8, 4) is 22.9 Å². The number of hydrogen-bond donors (Lipinski definition) is 0. The zero-order chi connectivity index (χ0) is 24.8. The van der Waals surface area contributed by atoms with E-state index in [0.717, 1.165) is 44.3 Å². The molecule has 0 aliphatic heterocycles. The summed E-state index contributed by atoms with van der Waals surface area (Å²) >= 11 is 5.00. The van der Waals surface area contributed by atoms with Crippen LogP contribution in [0.4, 0.5) is 0 Å². The molecule has 0 amide bonds. The van der Waals surface area contributed by atoms with Gasteiger partial charge in [0.05, 0.1) is 34.4 Å². The zero-order valence-electron chi connectivity index (χ0n) is 19.6. The fourth-order valence-electron chi connectivity index (χ4n) is 4.46. The van der Waals surface area contributed by atoms with Crippen molar-refractivity contribution in [2.75, 3.05) is 21.0 Å². The molecule has 0 unspecified atom stereocenters. The fourth-order valence-corrected chi connectivity index (χ4v) is 6.20. The second kappa shape index (κ2) is 9.34. The molecule has 36 heavy (non-hydrogen) atoms. The smallest absolute Gasteiger partial charge is 0.263 e. The van der Waals surface area contributed by atoms with Gasteiger partial charge in [0, 0.05) is 18.1 Å². The van der Waals surface area contributed by atoms with E-state index in [1.807, 2.05) is 24.3 Å². The molecule has 3 aromatic heterocycles. The Hall–Kier alpha value is -3.21. The molecule has 1 aliphatic carbocycles. The highest BCUT2D eigenvalue weighted by Crippen LogP contribution is 2.46. The number of nitrogens with zero attached hydrogens (tertiary/aromatic N) is 3. The minimum absolute atomic E-state index is 0.0942. The SMILES string of the molecule is COCOc1c(Br)ccc2c1sc1nc(-c3ccc(OC)cc3C3CC3)n(Cc3cnco3)c(=O)c12. The van der Waals surface area contributed by atoms with Crippen LogP contribution in [-0.4, -0.2) is 35.5 Å². The second-order valence-electron chi connectivity index (χ2n) is 8.61. The van der Waals surface area contributed by atoms with Crippen molar-refractivity contribution in [2.45, 2.75) is 25.3 Å². The summed E-state index contributed by atoms with van der Waals surface area (Å²) in [6.45, 7) is 0.311. The number of ether oxygens (including phenoxy) is 3. The minimum Gasteiger partial charge on any atom is -0.497 e. The van der Waals surface area contributed by atoms with E-state index in [4.69, 9.17) is 23.6 Å². The molecule has 0 saturated heterocycles. The summed E-state index contributed by atoms with van der Waals surface area (Å²) in [5.41, 5.74) is 1.92. The Morgan fingerprint density at radius 1 is 1.22 bits per heavy atom. The lowest BCUT2D eigenvalue weighted by atomic mass is 10.0. The molecule has 0 spiro atoms. The molecule has 3 heterocycles. The third kappa shape index (κ3) is 3.99. The molecule has 6 rings (SSSR count). The van der Waals surface area contributed by atoms with Crippen LogP contribution in [0.3, 0.4) is 0 Å². The Morgan fingerprint density at radius 2 is 2.08 bits per heavy atom. The average Bonchev–Trinajstić information content (AvgIpc) is 3.48. The number of thiophene rings is 1. The van der Waals surface area contributed by atoms with Crippen molar-refractivity contribution in [1.82, 2.24) is 14.5 Å². The Morgan fingerprint density at radius 3 is 2.81 bits per heavy atom. The van der Waals surface area contributed by atoms with Crippen LogP contribution in [0.1, 0.15) is 30.1 Å². The quantitative estimate of drug-likeness (QED) is 0.214.